The van der Waals surface area contributed by atoms with Gasteiger partial charge in [-0.3, -0.25) is 9.59 Å². The highest BCUT2D eigenvalue weighted by Crippen LogP contribution is 2.16. The summed E-state index contributed by atoms with van der Waals surface area (Å²) in [6.07, 6.45) is 0. The summed E-state index contributed by atoms with van der Waals surface area (Å²) in [4.78, 5) is 25.0. The molecule has 0 atom stereocenters. The number of carbonyl (C=O) groups excluding carboxylic acids is 2. The van der Waals surface area contributed by atoms with Gasteiger partial charge in [-0.25, -0.2) is 0 Å². The largest absolute Gasteiger partial charge is 0.468 e. The summed E-state index contributed by atoms with van der Waals surface area (Å²) in [6.45, 7) is -0.00924. The van der Waals surface area contributed by atoms with Crippen LogP contribution in [0, 0.1) is 0 Å². The topological polar surface area (TPSA) is 46.6 Å². The lowest BCUT2D eigenvalue weighted by Gasteiger charge is -2.15. The molecule has 0 saturated carbocycles. The maximum Gasteiger partial charge on any atom is 0.325 e. The molecule has 0 unspecified atom stereocenters. The smallest absolute Gasteiger partial charge is 0.325 e. The highest BCUT2D eigenvalue weighted by atomic mass is 32.2. The van der Waals surface area contributed by atoms with Crippen molar-refractivity contribution < 1.29 is 14.3 Å². The fourth-order valence-corrected chi connectivity index (χ4v) is 1.98. The molecular formula is C12H15NO3S. The van der Waals surface area contributed by atoms with Gasteiger partial charge in [0.25, 0.3) is 0 Å². The van der Waals surface area contributed by atoms with Gasteiger partial charge in [-0.1, -0.05) is 18.2 Å². The third-order valence-electron chi connectivity index (χ3n) is 2.13. The Morgan fingerprint density at radius 1 is 1.29 bits per heavy atom. The van der Waals surface area contributed by atoms with Crippen LogP contribution < -0.4 is 0 Å². The number of likely N-dealkylation sites (N-methyl/N-ethyl adjacent to an activating group) is 1. The van der Waals surface area contributed by atoms with Crippen molar-refractivity contribution in [3.8, 4) is 0 Å². The molecule has 1 aromatic rings. The summed E-state index contributed by atoms with van der Waals surface area (Å²) in [5.41, 5.74) is 0. The van der Waals surface area contributed by atoms with Gasteiger partial charge in [0.05, 0.1) is 12.9 Å². The molecule has 0 heterocycles. The van der Waals surface area contributed by atoms with Gasteiger partial charge in [-0.2, -0.15) is 0 Å². The van der Waals surface area contributed by atoms with Crippen molar-refractivity contribution in [3.05, 3.63) is 30.3 Å². The SMILES string of the molecule is COC(=O)CN(C)C(=O)CSc1ccccc1. The number of hydrogen-bond donors (Lipinski definition) is 0. The minimum Gasteiger partial charge on any atom is -0.468 e. The third-order valence-corrected chi connectivity index (χ3v) is 3.12. The zero-order valence-corrected chi connectivity index (χ0v) is 10.7. The number of esters is 1. The molecule has 0 bridgehead atoms. The van der Waals surface area contributed by atoms with Crippen LogP contribution in [0.1, 0.15) is 0 Å². The third kappa shape index (κ3) is 4.91. The number of carbonyl (C=O) groups is 2. The van der Waals surface area contributed by atoms with Crippen molar-refractivity contribution in [1.29, 1.82) is 0 Å². The first-order chi connectivity index (χ1) is 8.13. The minimum absolute atomic E-state index is 0.00924. The first kappa shape index (κ1) is 13.6. The van der Waals surface area contributed by atoms with Gasteiger partial charge in [-0.05, 0) is 12.1 Å². The molecule has 0 aromatic heterocycles. The Bertz CT molecular complexity index is 381. The number of nitrogens with zero attached hydrogens (tertiary/aromatic N) is 1. The van der Waals surface area contributed by atoms with Crippen molar-refractivity contribution in [3.63, 3.8) is 0 Å². The van der Waals surface area contributed by atoms with E-state index in [4.69, 9.17) is 0 Å². The van der Waals surface area contributed by atoms with Gasteiger partial charge in [0, 0.05) is 11.9 Å². The number of thioether (sulfide) groups is 1. The Kier molecular flexibility index (Phi) is 5.56. The molecule has 17 heavy (non-hydrogen) atoms. The van der Waals surface area contributed by atoms with Gasteiger partial charge in [0.2, 0.25) is 5.91 Å². The lowest BCUT2D eigenvalue weighted by atomic mass is 10.4. The quantitative estimate of drug-likeness (QED) is 0.588. The van der Waals surface area contributed by atoms with E-state index in [1.54, 1.807) is 7.05 Å². The van der Waals surface area contributed by atoms with E-state index >= 15 is 0 Å². The lowest BCUT2D eigenvalue weighted by Crippen LogP contribution is -2.33. The van der Waals surface area contributed by atoms with Gasteiger partial charge < -0.3 is 9.64 Å². The zero-order chi connectivity index (χ0) is 12.7. The zero-order valence-electron chi connectivity index (χ0n) is 9.88. The fourth-order valence-electron chi connectivity index (χ4n) is 1.12. The van der Waals surface area contributed by atoms with Crippen LogP contribution in [0.15, 0.2) is 35.2 Å². The molecule has 4 nitrogen and oxygen atoms in total. The van der Waals surface area contributed by atoms with Crippen LogP contribution in [0.25, 0.3) is 0 Å². The Balaban J connectivity index is 2.37. The van der Waals surface area contributed by atoms with Gasteiger partial charge >= 0.3 is 5.97 Å². The summed E-state index contributed by atoms with van der Waals surface area (Å²) in [6, 6.07) is 9.65. The standard InChI is InChI=1S/C12H15NO3S/c1-13(8-12(15)16-2)11(14)9-17-10-6-4-3-5-7-10/h3-7H,8-9H2,1-2H3. The van der Waals surface area contributed by atoms with E-state index in [1.807, 2.05) is 30.3 Å². The van der Waals surface area contributed by atoms with E-state index in [0.717, 1.165) is 4.90 Å². The van der Waals surface area contributed by atoms with Crippen LogP contribution >= 0.6 is 11.8 Å². The average molecular weight is 253 g/mol. The number of ether oxygens (including phenoxy) is 1. The molecule has 0 saturated heterocycles. The second-order valence-electron chi connectivity index (χ2n) is 3.43. The Morgan fingerprint density at radius 2 is 1.94 bits per heavy atom. The van der Waals surface area contributed by atoms with Crippen LogP contribution in [-0.4, -0.2) is 43.2 Å². The molecule has 0 fully saturated rings. The second-order valence-corrected chi connectivity index (χ2v) is 4.48. The Hall–Kier alpha value is -1.49. The van der Waals surface area contributed by atoms with Crippen molar-refractivity contribution in [1.82, 2.24) is 4.90 Å². The van der Waals surface area contributed by atoms with Crippen LogP contribution in [0.3, 0.4) is 0 Å². The average Bonchev–Trinajstić information content (AvgIpc) is 2.36. The predicted octanol–water partition coefficient (Wildman–Crippen LogP) is 1.41. The van der Waals surface area contributed by atoms with Gasteiger partial charge in [-0.15, -0.1) is 11.8 Å². The molecule has 0 radical (unpaired) electrons. The number of benzene rings is 1. The van der Waals surface area contributed by atoms with Gasteiger partial charge in [0.15, 0.2) is 0 Å². The first-order valence-electron chi connectivity index (χ1n) is 5.12. The fraction of sp³-hybridized carbons (Fsp3) is 0.333. The summed E-state index contributed by atoms with van der Waals surface area (Å²) in [5.74, 6) is -0.188. The summed E-state index contributed by atoms with van der Waals surface area (Å²) in [5, 5.41) is 0. The number of hydrogen-bond acceptors (Lipinski definition) is 4. The predicted molar refractivity (Wildman–Crippen MR) is 66.8 cm³/mol. The summed E-state index contributed by atoms with van der Waals surface area (Å²) in [7, 11) is 2.89. The molecule has 0 aliphatic carbocycles. The first-order valence-corrected chi connectivity index (χ1v) is 6.10. The molecular weight excluding hydrogens is 238 g/mol. The highest BCUT2D eigenvalue weighted by molar-refractivity contribution is 8.00. The maximum atomic E-state index is 11.7. The highest BCUT2D eigenvalue weighted by Gasteiger charge is 2.12. The number of rotatable bonds is 5. The van der Waals surface area contributed by atoms with Crippen LogP contribution in [0.2, 0.25) is 0 Å². The van der Waals surface area contributed by atoms with Crippen molar-refractivity contribution in [2.45, 2.75) is 4.90 Å². The number of methoxy groups -OCH3 is 1. The molecule has 0 aliphatic rings. The van der Waals surface area contributed by atoms with Crippen molar-refractivity contribution >= 4 is 23.6 Å². The Labute approximate surface area is 105 Å². The molecule has 0 N–H and O–H groups in total. The van der Waals surface area contributed by atoms with Crippen LogP contribution in [-0.2, 0) is 14.3 Å². The molecule has 1 rings (SSSR count). The molecule has 1 aromatic carbocycles. The van der Waals surface area contributed by atoms with E-state index < -0.39 is 5.97 Å². The second kappa shape index (κ2) is 6.96. The molecule has 1 amide bonds. The molecule has 0 spiro atoms. The van der Waals surface area contributed by atoms with E-state index in [9.17, 15) is 9.59 Å². The monoisotopic (exact) mass is 253 g/mol. The lowest BCUT2D eigenvalue weighted by molar-refractivity contribution is -0.145. The minimum atomic E-state index is -0.412. The Morgan fingerprint density at radius 3 is 2.53 bits per heavy atom. The summed E-state index contributed by atoms with van der Waals surface area (Å²) >= 11 is 1.45. The molecule has 5 heteroatoms. The summed E-state index contributed by atoms with van der Waals surface area (Å²) < 4.78 is 4.49. The van der Waals surface area contributed by atoms with E-state index in [2.05, 4.69) is 4.74 Å². The normalized spacial score (nSPS) is 9.76. The van der Waals surface area contributed by atoms with Crippen molar-refractivity contribution in [2.24, 2.45) is 0 Å². The number of amides is 1. The van der Waals surface area contributed by atoms with E-state index in [0.29, 0.717) is 5.75 Å². The maximum absolute atomic E-state index is 11.7. The van der Waals surface area contributed by atoms with Gasteiger partial charge in [0.1, 0.15) is 6.54 Å². The van der Waals surface area contributed by atoms with Crippen LogP contribution in [0.5, 0.6) is 0 Å². The molecule has 0 aliphatic heterocycles. The molecule has 92 valence electrons. The van der Waals surface area contributed by atoms with Crippen LogP contribution in [0.4, 0.5) is 0 Å². The van der Waals surface area contributed by atoms with E-state index in [1.165, 1.54) is 23.8 Å². The van der Waals surface area contributed by atoms with Crippen molar-refractivity contribution in [2.75, 3.05) is 26.5 Å². The van der Waals surface area contributed by atoms with E-state index in [-0.39, 0.29) is 12.5 Å².